The van der Waals surface area contributed by atoms with Crippen LogP contribution >= 0.6 is 0 Å². The first-order valence-electron chi connectivity index (χ1n) is 7.53. The molecular formula is C19H17BO2. The highest BCUT2D eigenvalue weighted by Gasteiger charge is 2.36. The van der Waals surface area contributed by atoms with Crippen LogP contribution in [0.2, 0.25) is 0 Å². The van der Waals surface area contributed by atoms with E-state index in [4.69, 9.17) is 0 Å². The molecule has 0 aliphatic heterocycles. The standard InChI is InChI=1S/C19H17BO2/c1-19(2)16-10-8-13(20(21)22)11-15(16)18-14-6-4-3-5-12(14)7-9-17(18)19/h3-11,21-22H,1-2H3. The summed E-state index contributed by atoms with van der Waals surface area (Å²) in [6.45, 7) is 4.45. The van der Waals surface area contributed by atoms with Crippen molar-refractivity contribution in [2.24, 2.45) is 0 Å². The maximum absolute atomic E-state index is 9.50. The lowest BCUT2D eigenvalue weighted by molar-refractivity contribution is 0.426. The average Bonchev–Trinajstić information content (AvgIpc) is 2.75. The molecule has 108 valence electrons. The third-order valence-electron chi connectivity index (χ3n) is 4.89. The van der Waals surface area contributed by atoms with Gasteiger partial charge in [0.05, 0.1) is 0 Å². The average molecular weight is 288 g/mol. The molecule has 0 amide bonds. The Hall–Kier alpha value is -2.10. The summed E-state index contributed by atoms with van der Waals surface area (Å²) in [6.07, 6.45) is 0. The quantitative estimate of drug-likeness (QED) is 0.676. The fraction of sp³-hybridized carbons (Fsp3) is 0.158. The molecule has 0 bridgehead atoms. The number of rotatable bonds is 1. The van der Waals surface area contributed by atoms with Crippen molar-refractivity contribution in [3.63, 3.8) is 0 Å². The monoisotopic (exact) mass is 288 g/mol. The fourth-order valence-corrected chi connectivity index (χ4v) is 3.70. The Bertz CT molecular complexity index is 897. The summed E-state index contributed by atoms with van der Waals surface area (Å²) in [4.78, 5) is 0. The zero-order chi connectivity index (χ0) is 15.5. The van der Waals surface area contributed by atoms with Crippen molar-refractivity contribution in [1.82, 2.24) is 0 Å². The summed E-state index contributed by atoms with van der Waals surface area (Å²) < 4.78 is 0. The molecule has 0 spiro atoms. The van der Waals surface area contributed by atoms with E-state index in [1.54, 1.807) is 6.07 Å². The second-order valence-electron chi connectivity index (χ2n) is 6.51. The van der Waals surface area contributed by atoms with Crippen LogP contribution in [0.5, 0.6) is 0 Å². The Balaban J connectivity index is 2.13. The van der Waals surface area contributed by atoms with Crippen LogP contribution in [-0.4, -0.2) is 17.2 Å². The van der Waals surface area contributed by atoms with Crippen LogP contribution in [0.25, 0.3) is 21.9 Å². The minimum absolute atomic E-state index is 0.0758. The van der Waals surface area contributed by atoms with Crippen LogP contribution in [0.15, 0.2) is 54.6 Å². The Labute approximate surface area is 130 Å². The minimum atomic E-state index is -1.44. The van der Waals surface area contributed by atoms with Gasteiger partial charge in [-0.05, 0) is 38.5 Å². The lowest BCUT2D eigenvalue weighted by atomic mass is 9.77. The molecule has 0 fully saturated rings. The number of hydrogen-bond donors (Lipinski definition) is 2. The molecule has 0 radical (unpaired) electrons. The van der Waals surface area contributed by atoms with Crippen molar-refractivity contribution in [1.29, 1.82) is 0 Å². The number of fused-ring (bicyclic) bond motifs is 5. The molecule has 0 unspecified atom stereocenters. The second-order valence-corrected chi connectivity index (χ2v) is 6.51. The highest BCUT2D eigenvalue weighted by Crippen LogP contribution is 2.50. The van der Waals surface area contributed by atoms with Gasteiger partial charge < -0.3 is 10.0 Å². The van der Waals surface area contributed by atoms with Crippen molar-refractivity contribution in [2.75, 3.05) is 0 Å². The van der Waals surface area contributed by atoms with E-state index < -0.39 is 7.12 Å². The summed E-state index contributed by atoms with van der Waals surface area (Å²) in [5.41, 5.74) is 5.33. The molecule has 3 heteroatoms. The summed E-state index contributed by atoms with van der Waals surface area (Å²) >= 11 is 0. The molecule has 3 aromatic carbocycles. The van der Waals surface area contributed by atoms with Crippen LogP contribution in [0.4, 0.5) is 0 Å². The van der Waals surface area contributed by atoms with Crippen LogP contribution in [0.1, 0.15) is 25.0 Å². The minimum Gasteiger partial charge on any atom is -0.423 e. The fourth-order valence-electron chi connectivity index (χ4n) is 3.70. The lowest BCUT2D eigenvalue weighted by Crippen LogP contribution is -2.30. The first kappa shape index (κ1) is 13.6. The maximum Gasteiger partial charge on any atom is 0.488 e. The van der Waals surface area contributed by atoms with Gasteiger partial charge in [0.1, 0.15) is 0 Å². The third kappa shape index (κ3) is 1.70. The third-order valence-corrected chi connectivity index (χ3v) is 4.89. The SMILES string of the molecule is CC1(C)c2ccc(B(O)O)cc2-c2c1ccc1ccccc21. The molecular weight excluding hydrogens is 271 g/mol. The molecule has 3 aromatic rings. The molecule has 0 atom stereocenters. The van der Waals surface area contributed by atoms with Crippen LogP contribution < -0.4 is 5.46 Å². The molecule has 2 N–H and O–H groups in total. The Morgan fingerprint density at radius 2 is 1.59 bits per heavy atom. The van der Waals surface area contributed by atoms with Gasteiger partial charge in [-0.1, -0.05) is 68.4 Å². The highest BCUT2D eigenvalue weighted by atomic mass is 16.4. The van der Waals surface area contributed by atoms with Gasteiger partial charge in [-0.2, -0.15) is 0 Å². The van der Waals surface area contributed by atoms with Gasteiger partial charge in [-0.15, -0.1) is 0 Å². The second kappa shape index (κ2) is 4.45. The zero-order valence-electron chi connectivity index (χ0n) is 12.7. The predicted octanol–water partition coefficient (Wildman–Crippen LogP) is 2.83. The van der Waals surface area contributed by atoms with Gasteiger partial charge in [0.15, 0.2) is 0 Å². The van der Waals surface area contributed by atoms with Crippen molar-refractivity contribution in [2.45, 2.75) is 19.3 Å². The van der Waals surface area contributed by atoms with E-state index >= 15 is 0 Å². The maximum atomic E-state index is 9.50. The normalized spacial score (nSPS) is 14.7. The van der Waals surface area contributed by atoms with Crippen molar-refractivity contribution >= 4 is 23.4 Å². The van der Waals surface area contributed by atoms with E-state index in [1.165, 1.54) is 27.5 Å². The molecule has 1 aliphatic rings. The van der Waals surface area contributed by atoms with Crippen LogP contribution in [0, 0.1) is 0 Å². The van der Waals surface area contributed by atoms with Gasteiger partial charge >= 0.3 is 7.12 Å². The molecule has 0 saturated heterocycles. The van der Waals surface area contributed by atoms with Gasteiger partial charge in [-0.25, -0.2) is 0 Å². The Kier molecular flexibility index (Phi) is 2.74. The summed E-state index contributed by atoms with van der Waals surface area (Å²) in [7, 11) is -1.44. The van der Waals surface area contributed by atoms with Gasteiger partial charge in [0.25, 0.3) is 0 Å². The van der Waals surface area contributed by atoms with Gasteiger partial charge in [0, 0.05) is 5.41 Å². The van der Waals surface area contributed by atoms with Gasteiger partial charge in [0.2, 0.25) is 0 Å². The first-order valence-corrected chi connectivity index (χ1v) is 7.53. The molecule has 1 aliphatic carbocycles. The van der Waals surface area contributed by atoms with Crippen molar-refractivity contribution < 1.29 is 10.0 Å². The van der Waals surface area contributed by atoms with Crippen LogP contribution in [0.3, 0.4) is 0 Å². The van der Waals surface area contributed by atoms with Gasteiger partial charge in [-0.3, -0.25) is 0 Å². The van der Waals surface area contributed by atoms with E-state index in [0.717, 1.165) is 5.56 Å². The van der Waals surface area contributed by atoms with Crippen molar-refractivity contribution in [3.8, 4) is 11.1 Å². The molecule has 0 aromatic heterocycles. The largest absolute Gasteiger partial charge is 0.488 e. The first-order chi connectivity index (χ1) is 10.5. The number of hydrogen-bond acceptors (Lipinski definition) is 2. The molecule has 0 heterocycles. The van der Waals surface area contributed by atoms with E-state index in [1.807, 2.05) is 18.2 Å². The van der Waals surface area contributed by atoms with E-state index in [0.29, 0.717) is 5.46 Å². The number of benzene rings is 3. The predicted molar refractivity (Wildman–Crippen MR) is 91.3 cm³/mol. The van der Waals surface area contributed by atoms with Crippen molar-refractivity contribution in [3.05, 3.63) is 65.7 Å². The molecule has 4 rings (SSSR count). The topological polar surface area (TPSA) is 40.5 Å². The highest BCUT2D eigenvalue weighted by molar-refractivity contribution is 6.58. The smallest absolute Gasteiger partial charge is 0.423 e. The zero-order valence-corrected chi connectivity index (χ0v) is 12.7. The molecule has 22 heavy (non-hydrogen) atoms. The van der Waals surface area contributed by atoms with E-state index in [-0.39, 0.29) is 5.41 Å². The Morgan fingerprint density at radius 3 is 2.36 bits per heavy atom. The van der Waals surface area contributed by atoms with E-state index in [2.05, 4.69) is 44.2 Å². The van der Waals surface area contributed by atoms with Crippen LogP contribution in [-0.2, 0) is 5.41 Å². The Morgan fingerprint density at radius 1 is 0.864 bits per heavy atom. The molecule has 0 saturated carbocycles. The van der Waals surface area contributed by atoms with E-state index in [9.17, 15) is 10.0 Å². The lowest BCUT2D eigenvalue weighted by Gasteiger charge is -2.21. The molecule has 2 nitrogen and oxygen atoms in total. The summed E-state index contributed by atoms with van der Waals surface area (Å²) in [6, 6.07) is 18.5. The summed E-state index contributed by atoms with van der Waals surface area (Å²) in [5, 5.41) is 21.4. The summed E-state index contributed by atoms with van der Waals surface area (Å²) in [5.74, 6) is 0.